The number of hydrogen-bond donors (Lipinski definition) is 1. The highest BCUT2D eigenvalue weighted by molar-refractivity contribution is 5.89. The predicted octanol–water partition coefficient (Wildman–Crippen LogP) is 2.22. The lowest BCUT2D eigenvalue weighted by molar-refractivity contribution is -0.137. The van der Waals surface area contributed by atoms with Crippen molar-refractivity contribution in [3.8, 4) is 11.5 Å². The van der Waals surface area contributed by atoms with Crippen molar-refractivity contribution in [3.05, 3.63) is 24.3 Å². The van der Waals surface area contributed by atoms with E-state index >= 15 is 0 Å². The third kappa shape index (κ3) is 5.93. The zero-order valence-electron chi connectivity index (χ0n) is 19.6. The highest BCUT2D eigenvalue weighted by atomic mass is 16.5. The van der Waals surface area contributed by atoms with Crippen molar-refractivity contribution in [2.75, 3.05) is 32.8 Å². The molecule has 2 fully saturated rings. The Labute approximate surface area is 190 Å². The van der Waals surface area contributed by atoms with Crippen molar-refractivity contribution in [3.63, 3.8) is 0 Å². The van der Waals surface area contributed by atoms with E-state index < -0.39 is 0 Å². The first-order valence-electron chi connectivity index (χ1n) is 11.4. The van der Waals surface area contributed by atoms with Crippen LogP contribution in [0, 0.1) is 5.92 Å². The summed E-state index contributed by atoms with van der Waals surface area (Å²) in [6, 6.07) is 7.28. The number of nitrogens with one attached hydrogen (secondary N) is 1. The number of hydrogen-bond acceptors (Lipinski definition) is 5. The van der Waals surface area contributed by atoms with Gasteiger partial charge in [-0.25, -0.2) is 0 Å². The largest absolute Gasteiger partial charge is 0.490 e. The monoisotopic (exact) mass is 445 g/mol. The number of amides is 3. The maximum atomic E-state index is 12.9. The first kappa shape index (κ1) is 23.9. The average Bonchev–Trinajstić information content (AvgIpc) is 3.15. The molecule has 2 saturated heterocycles. The Morgan fingerprint density at radius 2 is 1.72 bits per heavy atom. The number of carbonyl (C=O) groups excluding carboxylic acids is 3. The SMILES string of the molecule is CCOc1ccccc1OCC(=O)NC1CCN(C(=O)C2CC(=O)N(C(C)(C)C)C2)CC1. The van der Waals surface area contributed by atoms with Crippen LogP contribution in [0.2, 0.25) is 0 Å². The standard InChI is InChI=1S/C24H35N3O5/c1-5-31-19-8-6-7-9-20(19)32-16-21(28)25-18-10-12-26(13-11-18)23(30)17-14-22(29)27(15-17)24(2,3)4/h6-9,17-18H,5,10-16H2,1-4H3,(H,25,28). The third-order valence-electron chi connectivity index (χ3n) is 5.96. The fourth-order valence-electron chi connectivity index (χ4n) is 4.28. The van der Waals surface area contributed by atoms with E-state index in [4.69, 9.17) is 9.47 Å². The van der Waals surface area contributed by atoms with Crippen molar-refractivity contribution in [2.45, 2.75) is 58.5 Å². The van der Waals surface area contributed by atoms with Crippen molar-refractivity contribution >= 4 is 17.7 Å². The van der Waals surface area contributed by atoms with Crippen LogP contribution in [0.5, 0.6) is 11.5 Å². The molecule has 0 radical (unpaired) electrons. The van der Waals surface area contributed by atoms with Gasteiger partial charge >= 0.3 is 0 Å². The molecule has 0 spiro atoms. The van der Waals surface area contributed by atoms with Crippen molar-refractivity contribution in [1.29, 1.82) is 0 Å². The topological polar surface area (TPSA) is 88.2 Å². The van der Waals surface area contributed by atoms with Gasteiger partial charge in [0.15, 0.2) is 18.1 Å². The van der Waals surface area contributed by atoms with Crippen LogP contribution in [0.4, 0.5) is 0 Å². The summed E-state index contributed by atoms with van der Waals surface area (Å²) in [6.07, 6.45) is 1.67. The van der Waals surface area contributed by atoms with Crippen LogP contribution in [-0.4, -0.2) is 72.0 Å². The van der Waals surface area contributed by atoms with E-state index in [2.05, 4.69) is 5.32 Å². The summed E-state index contributed by atoms with van der Waals surface area (Å²) in [7, 11) is 0. The van der Waals surface area contributed by atoms with Gasteiger partial charge in [0.25, 0.3) is 5.91 Å². The van der Waals surface area contributed by atoms with Gasteiger partial charge in [0.2, 0.25) is 11.8 Å². The van der Waals surface area contributed by atoms with Crippen LogP contribution in [0.3, 0.4) is 0 Å². The first-order valence-corrected chi connectivity index (χ1v) is 11.4. The highest BCUT2D eigenvalue weighted by Gasteiger charge is 2.41. The summed E-state index contributed by atoms with van der Waals surface area (Å²) in [5, 5.41) is 3.00. The third-order valence-corrected chi connectivity index (χ3v) is 5.96. The molecule has 2 aliphatic rings. The molecule has 3 rings (SSSR count). The maximum Gasteiger partial charge on any atom is 0.258 e. The van der Waals surface area contributed by atoms with Gasteiger partial charge in [-0.15, -0.1) is 0 Å². The van der Waals surface area contributed by atoms with Gasteiger partial charge in [-0.3, -0.25) is 14.4 Å². The van der Waals surface area contributed by atoms with Crippen LogP contribution < -0.4 is 14.8 Å². The first-order chi connectivity index (χ1) is 15.2. The molecule has 2 aliphatic heterocycles. The molecule has 0 saturated carbocycles. The van der Waals surface area contributed by atoms with Crippen molar-refractivity contribution in [1.82, 2.24) is 15.1 Å². The Hall–Kier alpha value is -2.77. The summed E-state index contributed by atoms with van der Waals surface area (Å²) in [5.41, 5.74) is -0.269. The number of likely N-dealkylation sites (tertiary alicyclic amines) is 2. The van der Waals surface area contributed by atoms with Gasteiger partial charge in [0.05, 0.1) is 12.5 Å². The van der Waals surface area contributed by atoms with Crippen molar-refractivity contribution in [2.24, 2.45) is 5.92 Å². The zero-order chi connectivity index (χ0) is 23.3. The molecular formula is C24H35N3O5. The molecule has 0 bridgehead atoms. The minimum atomic E-state index is -0.272. The molecule has 1 aromatic carbocycles. The second-order valence-electron chi connectivity index (χ2n) is 9.41. The molecule has 3 amide bonds. The lowest BCUT2D eigenvalue weighted by Crippen LogP contribution is -2.49. The number of ether oxygens (including phenoxy) is 2. The fourth-order valence-corrected chi connectivity index (χ4v) is 4.28. The lowest BCUT2D eigenvalue weighted by Gasteiger charge is -2.35. The van der Waals surface area contributed by atoms with Crippen LogP contribution in [0.25, 0.3) is 0 Å². The van der Waals surface area contributed by atoms with Gasteiger partial charge in [0, 0.05) is 37.6 Å². The normalized spacial score (nSPS) is 19.8. The molecule has 32 heavy (non-hydrogen) atoms. The van der Waals surface area contributed by atoms with E-state index in [1.54, 1.807) is 11.0 Å². The predicted molar refractivity (Wildman–Crippen MR) is 120 cm³/mol. The van der Waals surface area contributed by atoms with Gasteiger partial charge in [0.1, 0.15) is 0 Å². The number of nitrogens with zero attached hydrogens (tertiary/aromatic N) is 2. The Morgan fingerprint density at radius 1 is 1.09 bits per heavy atom. The Kier molecular flexibility index (Phi) is 7.64. The van der Waals surface area contributed by atoms with Gasteiger partial charge < -0.3 is 24.6 Å². The lowest BCUT2D eigenvalue weighted by atomic mass is 10.0. The second-order valence-corrected chi connectivity index (χ2v) is 9.41. The van der Waals surface area contributed by atoms with Crippen LogP contribution in [0.15, 0.2) is 24.3 Å². The van der Waals surface area contributed by atoms with Crippen LogP contribution in [-0.2, 0) is 14.4 Å². The minimum absolute atomic E-state index is 0.00793. The average molecular weight is 446 g/mol. The Bertz CT molecular complexity index is 827. The summed E-state index contributed by atoms with van der Waals surface area (Å²) in [4.78, 5) is 41.2. The molecule has 8 nitrogen and oxygen atoms in total. The van der Waals surface area contributed by atoms with E-state index in [1.807, 2.05) is 50.8 Å². The van der Waals surface area contributed by atoms with Crippen molar-refractivity contribution < 1.29 is 23.9 Å². The minimum Gasteiger partial charge on any atom is -0.490 e. The van der Waals surface area contributed by atoms with E-state index in [0.29, 0.717) is 50.6 Å². The van der Waals surface area contributed by atoms with Gasteiger partial charge in [-0.1, -0.05) is 12.1 Å². The molecule has 1 unspecified atom stereocenters. The Balaban J connectivity index is 1.42. The quantitative estimate of drug-likeness (QED) is 0.695. The fraction of sp³-hybridized carbons (Fsp3) is 0.625. The molecular weight excluding hydrogens is 410 g/mol. The number of para-hydroxylation sites is 2. The number of carbonyl (C=O) groups is 3. The summed E-state index contributed by atoms with van der Waals surface area (Å²) < 4.78 is 11.1. The molecule has 2 heterocycles. The van der Waals surface area contributed by atoms with E-state index in [0.717, 1.165) is 0 Å². The molecule has 1 N–H and O–H groups in total. The summed E-state index contributed by atoms with van der Waals surface area (Å²) in [5.74, 6) is 0.787. The molecule has 1 aromatic rings. The summed E-state index contributed by atoms with van der Waals surface area (Å²) in [6.45, 7) is 9.95. The molecule has 8 heteroatoms. The van der Waals surface area contributed by atoms with Gasteiger partial charge in [-0.05, 0) is 52.7 Å². The zero-order valence-corrected chi connectivity index (χ0v) is 19.6. The maximum absolute atomic E-state index is 12.9. The second kappa shape index (κ2) is 10.2. The van der Waals surface area contributed by atoms with Gasteiger partial charge in [-0.2, -0.15) is 0 Å². The molecule has 1 atom stereocenters. The number of rotatable bonds is 7. The van der Waals surface area contributed by atoms with E-state index in [1.165, 1.54) is 0 Å². The Morgan fingerprint density at radius 3 is 2.28 bits per heavy atom. The molecule has 0 aromatic heterocycles. The summed E-state index contributed by atoms with van der Waals surface area (Å²) >= 11 is 0. The van der Waals surface area contributed by atoms with Crippen LogP contribution >= 0.6 is 0 Å². The molecule has 176 valence electrons. The van der Waals surface area contributed by atoms with Crippen LogP contribution in [0.1, 0.15) is 47.0 Å². The van der Waals surface area contributed by atoms with E-state index in [9.17, 15) is 14.4 Å². The number of piperidine rings is 1. The number of benzene rings is 1. The highest BCUT2D eigenvalue weighted by Crippen LogP contribution is 2.28. The molecule has 0 aliphatic carbocycles. The van der Waals surface area contributed by atoms with E-state index in [-0.39, 0.29) is 48.2 Å². The smallest absolute Gasteiger partial charge is 0.258 e.